The minimum Gasteiger partial charge on any atom is -0.477 e. The topological polar surface area (TPSA) is 38.8 Å². The summed E-state index contributed by atoms with van der Waals surface area (Å²) in [6, 6.07) is 14.4. The van der Waals surface area contributed by atoms with Crippen LogP contribution in [-0.2, 0) is 13.1 Å². The zero-order valence-electron chi connectivity index (χ0n) is 16.4. The van der Waals surface area contributed by atoms with Crippen LogP contribution in [0.1, 0.15) is 37.5 Å². The Hall–Kier alpha value is -2.89. The van der Waals surface area contributed by atoms with Crippen LogP contribution < -0.4 is 9.47 Å². The van der Waals surface area contributed by atoms with E-state index in [1.54, 1.807) is 11.3 Å². The molecule has 0 spiro atoms. The molecule has 1 aromatic heterocycles. The molecule has 29 heavy (non-hydrogen) atoms. The van der Waals surface area contributed by atoms with Crippen molar-refractivity contribution >= 4 is 23.2 Å². The summed E-state index contributed by atoms with van der Waals surface area (Å²) in [5.74, 6) is 1.79. The van der Waals surface area contributed by atoms with Gasteiger partial charge >= 0.3 is 0 Å². The lowest BCUT2D eigenvalue weighted by molar-refractivity contribution is 0.0876. The van der Waals surface area contributed by atoms with Gasteiger partial charge in [0.2, 0.25) is 5.78 Å². The van der Waals surface area contributed by atoms with Gasteiger partial charge in [-0.2, -0.15) is 0 Å². The fourth-order valence-electron chi connectivity index (χ4n) is 3.85. The van der Waals surface area contributed by atoms with Crippen LogP contribution in [0.2, 0.25) is 0 Å². The second-order valence-electron chi connectivity index (χ2n) is 7.57. The smallest absolute Gasteiger partial charge is 0.232 e. The summed E-state index contributed by atoms with van der Waals surface area (Å²) in [6.07, 6.45) is 1.82. The van der Waals surface area contributed by atoms with Crippen molar-refractivity contribution in [3.8, 4) is 11.5 Å². The van der Waals surface area contributed by atoms with Gasteiger partial charge in [0, 0.05) is 35.2 Å². The van der Waals surface area contributed by atoms with E-state index in [0.29, 0.717) is 23.8 Å². The standard InChI is InChI=1S/C24H21NO3S/c1-15-5-7-17(8-6-15)12-25-13-18-10-20-22(26)21(11-19-4-3-9-29-19)28-24(20)16(2)23(18)27-14-25/h3-11H,12-14H2,1-2H3/b21-11-. The maximum atomic E-state index is 12.9. The molecule has 5 heteroatoms. The molecule has 0 N–H and O–H groups in total. The number of nitrogens with zero attached hydrogens (tertiary/aromatic N) is 1. The minimum absolute atomic E-state index is 0.0602. The Bertz CT molecular complexity index is 1110. The lowest BCUT2D eigenvalue weighted by atomic mass is 10.00. The molecule has 3 aromatic rings. The van der Waals surface area contributed by atoms with E-state index in [0.717, 1.165) is 34.8 Å². The summed E-state index contributed by atoms with van der Waals surface area (Å²) < 4.78 is 12.0. The number of fused-ring (bicyclic) bond motifs is 2. The van der Waals surface area contributed by atoms with Crippen LogP contribution in [0, 0.1) is 13.8 Å². The summed E-state index contributed by atoms with van der Waals surface area (Å²) in [4.78, 5) is 16.2. The number of Topliss-reactive ketones (excluding diaryl/α,β-unsaturated/α-hetero) is 1. The predicted octanol–water partition coefficient (Wildman–Crippen LogP) is 5.33. The summed E-state index contributed by atoms with van der Waals surface area (Å²) in [5.41, 5.74) is 5.07. The third-order valence-corrected chi connectivity index (χ3v) is 6.16. The molecule has 0 saturated heterocycles. The van der Waals surface area contributed by atoms with Gasteiger partial charge in [-0.25, -0.2) is 0 Å². The normalized spacial score (nSPS) is 17.0. The highest BCUT2D eigenvalue weighted by molar-refractivity contribution is 7.10. The van der Waals surface area contributed by atoms with Gasteiger partial charge in [0.1, 0.15) is 18.2 Å². The fraction of sp³-hybridized carbons (Fsp3) is 0.208. The lowest BCUT2D eigenvalue weighted by Crippen LogP contribution is -2.32. The van der Waals surface area contributed by atoms with Gasteiger partial charge in [-0.05, 0) is 36.9 Å². The van der Waals surface area contributed by atoms with Crippen LogP contribution >= 0.6 is 11.3 Å². The fourth-order valence-corrected chi connectivity index (χ4v) is 4.50. The number of aryl methyl sites for hydroxylation is 1. The van der Waals surface area contributed by atoms with E-state index in [1.807, 2.05) is 36.6 Å². The molecule has 2 aromatic carbocycles. The number of thiophene rings is 1. The first-order chi connectivity index (χ1) is 14.1. The van der Waals surface area contributed by atoms with Crippen molar-refractivity contribution in [2.45, 2.75) is 26.9 Å². The van der Waals surface area contributed by atoms with E-state index in [-0.39, 0.29) is 5.78 Å². The molecule has 3 heterocycles. The first kappa shape index (κ1) is 18.2. The number of allylic oxidation sites excluding steroid dienone is 1. The van der Waals surface area contributed by atoms with Crippen molar-refractivity contribution in [2.24, 2.45) is 0 Å². The molecule has 0 saturated carbocycles. The van der Waals surface area contributed by atoms with E-state index < -0.39 is 0 Å². The summed E-state index contributed by atoms with van der Waals surface area (Å²) in [7, 11) is 0. The summed E-state index contributed by atoms with van der Waals surface area (Å²) >= 11 is 1.58. The zero-order chi connectivity index (χ0) is 20.0. The maximum absolute atomic E-state index is 12.9. The first-order valence-electron chi connectivity index (χ1n) is 9.63. The molecule has 0 bridgehead atoms. The highest BCUT2D eigenvalue weighted by Crippen LogP contribution is 2.43. The Balaban J connectivity index is 1.42. The predicted molar refractivity (Wildman–Crippen MR) is 114 cm³/mol. The number of rotatable bonds is 3. The van der Waals surface area contributed by atoms with E-state index in [2.05, 4.69) is 36.1 Å². The van der Waals surface area contributed by atoms with Gasteiger partial charge in [0.25, 0.3) is 0 Å². The van der Waals surface area contributed by atoms with Crippen LogP contribution in [-0.4, -0.2) is 17.4 Å². The Morgan fingerprint density at radius 3 is 2.72 bits per heavy atom. The van der Waals surface area contributed by atoms with Gasteiger partial charge in [-0.1, -0.05) is 35.9 Å². The van der Waals surface area contributed by atoms with Crippen LogP contribution in [0.4, 0.5) is 0 Å². The third-order valence-electron chi connectivity index (χ3n) is 5.35. The number of carbonyl (C=O) groups is 1. The third kappa shape index (κ3) is 3.37. The van der Waals surface area contributed by atoms with Gasteiger partial charge in [-0.3, -0.25) is 9.69 Å². The molecule has 146 valence electrons. The molecule has 0 atom stereocenters. The average molecular weight is 404 g/mol. The number of benzene rings is 2. The molecule has 2 aliphatic heterocycles. The summed E-state index contributed by atoms with van der Waals surface area (Å²) in [6.45, 7) is 6.13. The quantitative estimate of drug-likeness (QED) is 0.554. The Morgan fingerprint density at radius 2 is 1.97 bits per heavy atom. The lowest BCUT2D eigenvalue weighted by Gasteiger charge is -2.30. The molecule has 0 amide bonds. The van der Waals surface area contributed by atoms with E-state index >= 15 is 0 Å². The highest BCUT2D eigenvalue weighted by Gasteiger charge is 2.33. The molecule has 2 aliphatic rings. The van der Waals surface area contributed by atoms with Crippen molar-refractivity contribution in [3.05, 3.63) is 86.3 Å². The number of ketones is 1. The number of hydrogen-bond donors (Lipinski definition) is 0. The largest absolute Gasteiger partial charge is 0.477 e. The van der Waals surface area contributed by atoms with Crippen molar-refractivity contribution in [1.29, 1.82) is 0 Å². The monoisotopic (exact) mass is 403 g/mol. The summed E-state index contributed by atoms with van der Waals surface area (Å²) in [5, 5.41) is 1.99. The molecule has 0 aliphatic carbocycles. The number of carbonyl (C=O) groups excluding carboxylic acids is 1. The number of ether oxygens (including phenoxy) is 2. The van der Waals surface area contributed by atoms with Crippen LogP contribution in [0.25, 0.3) is 6.08 Å². The van der Waals surface area contributed by atoms with Crippen LogP contribution in [0.3, 0.4) is 0 Å². The SMILES string of the molecule is Cc1ccc(CN2COc3c(cc4c(c3C)O/C(=C\c3cccs3)C4=O)C2)cc1. The molecule has 4 nitrogen and oxygen atoms in total. The molecule has 0 unspecified atom stereocenters. The highest BCUT2D eigenvalue weighted by atomic mass is 32.1. The van der Waals surface area contributed by atoms with E-state index in [4.69, 9.17) is 9.47 Å². The maximum Gasteiger partial charge on any atom is 0.232 e. The molecular formula is C24H21NO3S. The minimum atomic E-state index is -0.0602. The Labute approximate surface area is 174 Å². The van der Waals surface area contributed by atoms with Crippen molar-refractivity contribution in [2.75, 3.05) is 6.73 Å². The molecular weight excluding hydrogens is 382 g/mol. The second kappa shape index (κ2) is 7.17. The molecule has 5 rings (SSSR count). The van der Waals surface area contributed by atoms with Crippen molar-refractivity contribution in [3.63, 3.8) is 0 Å². The van der Waals surface area contributed by atoms with Crippen LogP contribution in [0.15, 0.2) is 53.6 Å². The number of hydrogen-bond acceptors (Lipinski definition) is 5. The van der Waals surface area contributed by atoms with Gasteiger partial charge in [0.05, 0.1) is 5.56 Å². The Kier molecular flexibility index (Phi) is 4.49. The average Bonchev–Trinajstić information content (AvgIpc) is 3.33. The van der Waals surface area contributed by atoms with Gasteiger partial charge < -0.3 is 9.47 Å². The molecule has 0 radical (unpaired) electrons. The zero-order valence-corrected chi connectivity index (χ0v) is 17.2. The second-order valence-corrected chi connectivity index (χ2v) is 8.55. The van der Waals surface area contributed by atoms with Gasteiger partial charge in [-0.15, -0.1) is 11.3 Å². The van der Waals surface area contributed by atoms with E-state index in [1.165, 1.54) is 11.1 Å². The van der Waals surface area contributed by atoms with Gasteiger partial charge in [0.15, 0.2) is 5.76 Å². The Morgan fingerprint density at radius 1 is 1.14 bits per heavy atom. The van der Waals surface area contributed by atoms with Crippen molar-refractivity contribution in [1.82, 2.24) is 4.90 Å². The van der Waals surface area contributed by atoms with Crippen molar-refractivity contribution < 1.29 is 14.3 Å². The van der Waals surface area contributed by atoms with E-state index in [9.17, 15) is 4.79 Å². The molecule has 0 fully saturated rings. The first-order valence-corrected chi connectivity index (χ1v) is 10.5. The van der Waals surface area contributed by atoms with Crippen LogP contribution in [0.5, 0.6) is 11.5 Å².